The molecule has 0 spiro atoms. The zero-order chi connectivity index (χ0) is 10.8. The van der Waals surface area contributed by atoms with Gasteiger partial charge in [0.25, 0.3) is 0 Å². The topological polar surface area (TPSA) is 24.4 Å². The molecule has 0 fully saturated rings. The lowest BCUT2D eigenvalue weighted by Crippen LogP contribution is -2.05. The predicted molar refractivity (Wildman–Crippen MR) is 67.3 cm³/mol. The first-order valence-electron chi connectivity index (χ1n) is 4.52. The summed E-state index contributed by atoms with van der Waals surface area (Å²) in [6.07, 6.45) is 10.1. The highest BCUT2D eigenvalue weighted by Crippen LogP contribution is 2.00. The van der Waals surface area contributed by atoms with Gasteiger partial charge in [0.2, 0.25) is 0 Å². The largest absolute Gasteiger partial charge is 0.365 e. The van der Waals surface area contributed by atoms with Crippen molar-refractivity contribution in [2.45, 2.75) is 6.42 Å². The molecule has 0 aromatic heterocycles. The fourth-order valence-corrected chi connectivity index (χ4v) is 0.989. The molecule has 0 aromatic rings. The summed E-state index contributed by atoms with van der Waals surface area (Å²) < 4.78 is 0. The van der Waals surface area contributed by atoms with Crippen molar-refractivity contribution >= 4 is 14.1 Å². The predicted octanol–water partition coefficient (Wildman–Crippen LogP) is 1.40. The molecule has 0 aliphatic rings. The maximum absolute atomic E-state index is 3.93. The van der Waals surface area contributed by atoms with Crippen LogP contribution in [0.15, 0.2) is 53.7 Å². The van der Waals surface area contributed by atoms with Crippen LogP contribution in [0.3, 0.4) is 0 Å². The zero-order valence-electron chi connectivity index (χ0n) is 8.96. The molecule has 0 atom stereocenters. The number of nitrogens with zero attached hydrogens (tertiary/aromatic N) is 1. The Bertz CT molecular complexity index is 275. The van der Waals surface area contributed by atoms with Crippen molar-refractivity contribution in [1.82, 2.24) is 5.32 Å². The standard InChI is InChI=1S/C11H17BN2/c1-4-6-10(12)9-11(14-5-2)7-8-13-3/h4-6,8-9,14H,1-2,7,12H2,3H3/b10-6+,11-9+,13-8-. The first kappa shape index (κ1) is 12.5. The third kappa shape index (κ3) is 6.06. The van der Waals surface area contributed by atoms with Crippen LogP contribution < -0.4 is 5.32 Å². The maximum atomic E-state index is 3.93. The van der Waals surface area contributed by atoms with E-state index in [1.54, 1.807) is 19.3 Å². The van der Waals surface area contributed by atoms with E-state index in [4.69, 9.17) is 0 Å². The van der Waals surface area contributed by atoms with Gasteiger partial charge in [-0.3, -0.25) is 0 Å². The first-order valence-corrected chi connectivity index (χ1v) is 4.52. The van der Waals surface area contributed by atoms with Gasteiger partial charge in [-0.2, -0.15) is 0 Å². The monoisotopic (exact) mass is 188 g/mol. The van der Waals surface area contributed by atoms with E-state index < -0.39 is 0 Å². The molecule has 0 heterocycles. The van der Waals surface area contributed by atoms with Crippen LogP contribution in [0.2, 0.25) is 0 Å². The van der Waals surface area contributed by atoms with E-state index in [0.29, 0.717) is 0 Å². The summed E-state index contributed by atoms with van der Waals surface area (Å²) in [6, 6.07) is 0. The van der Waals surface area contributed by atoms with Crippen LogP contribution in [0.1, 0.15) is 6.42 Å². The summed E-state index contributed by atoms with van der Waals surface area (Å²) in [5.41, 5.74) is 2.22. The Morgan fingerprint density at radius 1 is 1.50 bits per heavy atom. The van der Waals surface area contributed by atoms with Crippen LogP contribution in [-0.4, -0.2) is 21.1 Å². The van der Waals surface area contributed by atoms with E-state index >= 15 is 0 Å². The van der Waals surface area contributed by atoms with Gasteiger partial charge >= 0.3 is 0 Å². The van der Waals surface area contributed by atoms with Crippen molar-refractivity contribution in [3.8, 4) is 0 Å². The first-order chi connectivity index (χ1) is 6.74. The second-order valence-corrected chi connectivity index (χ2v) is 2.81. The van der Waals surface area contributed by atoms with E-state index in [1.807, 2.05) is 26.2 Å². The number of hydrogen-bond donors (Lipinski definition) is 1. The van der Waals surface area contributed by atoms with Gasteiger partial charge in [-0.25, -0.2) is 0 Å². The van der Waals surface area contributed by atoms with E-state index in [-0.39, 0.29) is 0 Å². The van der Waals surface area contributed by atoms with Crippen LogP contribution >= 0.6 is 0 Å². The van der Waals surface area contributed by atoms with E-state index in [2.05, 4.69) is 23.5 Å². The third-order valence-corrected chi connectivity index (χ3v) is 1.56. The minimum Gasteiger partial charge on any atom is -0.365 e. The molecule has 0 aromatic carbocycles. The number of allylic oxidation sites excluding steroid dienone is 5. The maximum Gasteiger partial charge on any atom is 0.139 e. The van der Waals surface area contributed by atoms with E-state index in [9.17, 15) is 0 Å². The Kier molecular flexibility index (Phi) is 7.24. The van der Waals surface area contributed by atoms with Crippen molar-refractivity contribution in [2.24, 2.45) is 4.99 Å². The molecule has 2 nitrogen and oxygen atoms in total. The average Bonchev–Trinajstić information content (AvgIpc) is 2.15. The molecule has 1 N–H and O–H groups in total. The van der Waals surface area contributed by atoms with Crippen molar-refractivity contribution in [1.29, 1.82) is 0 Å². The molecule has 0 amide bonds. The fraction of sp³-hybridized carbons (Fsp3) is 0.182. The molecule has 74 valence electrons. The van der Waals surface area contributed by atoms with Crippen molar-refractivity contribution < 1.29 is 0 Å². The van der Waals surface area contributed by atoms with Gasteiger partial charge in [0.05, 0.1) is 0 Å². The summed E-state index contributed by atoms with van der Waals surface area (Å²) in [7, 11) is 3.79. The summed E-state index contributed by atoms with van der Waals surface area (Å²) in [4.78, 5) is 3.93. The lowest BCUT2D eigenvalue weighted by atomic mass is 9.94. The van der Waals surface area contributed by atoms with Crippen LogP contribution in [0.25, 0.3) is 0 Å². The van der Waals surface area contributed by atoms with Crippen LogP contribution in [-0.2, 0) is 0 Å². The third-order valence-electron chi connectivity index (χ3n) is 1.56. The highest BCUT2D eigenvalue weighted by molar-refractivity contribution is 6.23. The summed E-state index contributed by atoms with van der Waals surface area (Å²) >= 11 is 0. The molecule has 0 unspecified atom stereocenters. The normalized spacial score (nSPS) is 12.9. The Labute approximate surface area is 87.2 Å². The number of aliphatic imine (C=N–C) groups is 1. The molecule has 14 heavy (non-hydrogen) atoms. The lowest BCUT2D eigenvalue weighted by Gasteiger charge is -2.03. The Morgan fingerprint density at radius 3 is 2.71 bits per heavy atom. The van der Waals surface area contributed by atoms with Gasteiger partial charge in [-0.05, 0) is 12.3 Å². The smallest absolute Gasteiger partial charge is 0.139 e. The molecular formula is C11H17BN2. The van der Waals surface area contributed by atoms with Gasteiger partial charge in [0, 0.05) is 25.4 Å². The second-order valence-electron chi connectivity index (χ2n) is 2.81. The van der Waals surface area contributed by atoms with E-state index in [1.165, 1.54) is 0 Å². The minimum atomic E-state index is 0.783. The molecule has 0 rings (SSSR count). The number of nitrogens with one attached hydrogen (secondary N) is 1. The van der Waals surface area contributed by atoms with E-state index in [0.717, 1.165) is 17.6 Å². The van der Waals surface area contributed by atoms with Gasteiger partial charge in [-0.15, -0.1) is 0 Å². The summed E-state index contributed by atoms with van der Waals surface area (Å²) in [6.45, 7) is 7.27. The molecular weight excluding hydrogens is 171 g/mol. The fourth-order valence-electron chi connectivity index (χ4n) is 0.989. The highest BCUT2D eigenvalue weighted by Gasteiger charge is 1.91. The molecule has 0 aliphatic carbocycles. The van der Waals surface area contributed by atoms with Crippen molar-refractivity contribution in [2.75, 3.05) is 7.05 Å². The molecule has 0 aliphatic heterocycles. The van der Waals surface area contributed by atoms with Crippen LogP contribution in [0.5, 0.6) is 0 Å². The Hall–Kier alpha value is -1.51. The molecule has 0 saturated heterocycles. The quantitative estimate of drug-likeness (QED) is 0.380. The highest BCUT2D eigenvalue weighted by atomic mass is 14.8. The van der Waals surface area contributed by atoms with Crippen LogP contribution in [0, 0.1) is 0 Å². The second kappa shape index (κ2) is 8.11. The molecule has 0 bridgehead atoms. The average molecular weight is 188 g/mol. The van der Waals surface area contributed by atoms with Crippen molar-refractivity contribution in [3.05, 3.63) is 48.8 Å². The Morgan fingerprint density at radius 2 is 2.21 bits per heavy atom. The minimum absolute atomic E-state index is 0.783. The molecule has 0 saturated carbocycles. The van der Waals surface area contributed by atoms with Crippen molar-refractivity contribution in [3.63, 3.8) is 0 Å². The SMILES string of the molecule is BC(=C/C=C)/C=C(\C/C=N\C)NC=C. The number of hydrogen-bond acceptors (Lipinski definition) is 2. The Balaban J connectivity index is 4.52. The van der Waals surface area contributed by atoms with Gasteiger partial charge < -0.3 is 10.3 Å². The lowest BCUT2D eigenvalue weighted by molar-refractivity contribution is 1.02. The van der Waals surface area contributed by atoms with Crippen LogP contribution in [0.4, 0.5) is 0 Å². The summed E-state index contributed by atoms with van der Waals surface area (Å²) in [5, 5.41) is 3.07. The molecule has 3 heteroatoms. The van der Waals surface area contributed by atoms with Gasteiger partial charge in [0.1, 0.15) is 7.85 Å². The molecule has 0 radical (unpaired) electrons. The van der Waals surface area contributed by atoms with Gasteiger partial charge in [0.15, 0.2) is 0 Å². The van der Waals surface area contributed by atoms with Gasteiger partial charge in [-0.1, -0.05) is 30.8 Å². The number of rotatable bonds is 6. The zero-order valence-corrected chi connectivity index (χ0v) is 8.96. The summed E-state index contributed by atoms with van der Waals surface area (Å²) in [5.74, 6) is 0.